The normalized spacial score (nSPS) is 13.4. The number of amides is 1. The molecule has 0 saturated carbocycles. The van der Waals surface area contributed by atoms with E-state index in [1.54, 1.807) is 32.2 Å². The molecule has 202 valence electrons. The first kappa shape index (κ1) is 28.1. The number of aromatic nitrogens is 2. The van der Waals surface area contributed by atoms with Crippen LogP contribution >= 0.6 is 35.0 Å². The zero-order valence-electron chi connectivity index (χ0n) is 21.7. The van der Waals surface area contributed by atoms with Crippen molar-refractivity contribution in [2.24, 2.45) is 0 Å². The lowest BCUT2D eigenvalue weighted by Crippen LogP contribution is -2.47. The summed E-state index contributed by atoms with van der Waals surface area (Å²) in [4.78, 5) is 28.0. The molecule has 2 aromatic carbocycles. The van der Waals surface area contributed by atoms with Gasteiger partial charge < -0.3 is 24.2 Å². The highest BCUT2D eigenvalue weighted by molar-refractivity contribution is 7.99. The lowest BCUT2D eigenvalue weighted by molar-refractivity contribution is -0.127. The number of para-hydroxylation sites is 1. The van der Waals surface area contributed by atoms with Gasteiger partial charge in [-0.1, -0.05) is 53.2 Å². The van der Waals surface area contributed by atoms with E-state index in [4.69, 9.17) is 32.7 Å². The number of ether oxygens (including phenoxy) is 2. The predicted octanol–water partition coefficient (Wildman–Crippen LogP) is 4.92. The van der Waals surface area contributed by atoms with Gasteiger partial charge >= 0.3 is 0 Å². The number of likely N-dealkylation sites (N-methyl/N-ethyl adjacent to an activating group) is 1. The van der Waals surface area contributed by atoms with Crippen molar-refractivity contribution < 1.29 is 14.3 Å². The number of halogens is 2. The molecule has 2 heterocycles. The van der Waals surface area contributed by atoms with Crippen LogP contribution in [0.1, 0.15) is 5.56 Å². The van der Waals surface area contributed by atoms with E-state index in [2.05, 4.69) is 19.8 Å². The summed E-state index contributed by atoms with van der Waals surface area (Å²) in [5.74, 6) is 2.34. The van der Waals surface area contributed by atoms with Gasteiger partial charge in [-0.15, -0.1) is 0 Å². The number of anilines is 2. The molecule has 3 aromatic rings. The molecule has 4 rings (SSSR count). The zero-order chi connectivity index (χ0) is 27.1. The number of thioether (sulfide) groups is 1. The average molecular weight is 577 g/mol. The molecule has 1 fully saturated rings. The smallest absolute Gasteiger partial charge is 0.232 e. The number of methoxy groups -OCH3 is 2. The van der Waals surface area contributed by atoms with Gasteiger partial charge in [-0.2, -0.15) is 0 Å². The minimum absolute atomic E-state index is 0.00560. The predicted molar refractivity (Wildman–Crippen MR) is 155 cm³/mol. The third kappa shape index (κ3) is 7.15. The van der Waals surface area contributed by atoms with Crippen LogP contribution in [0.5, 0.6) is 11.5 Å². The van der Waals surface area contributed by atoms with Gasteiger partial charge in [-0.3, -0.25) is 4.79 Å². The monoisotopic (exact) mass is 575 g/mol. The number of piperazine rings is 1. The van der Waals surface area contributed by atoms with Gasteiger partial charge in [0.25, 0.3) is 0 Å². The Bertz CT molecular complexity index is 1260. The van der Waals surface area contributed by atoms with Crippen molar-refractivity contribution in [3.8, 4) is 11.5 Å². The number of carbonyl (C=O) groups excluding carboxylic acids is 1. The van der Waals surface area contributed by atoms with Crippen molar-refractivity contribution in [1.29, 1.82) is 0 Å². The molecule has 0 bridgehead atoms. The molecule has 0 unspecified atom stereocenters. The third-order valence-electron chi connectivity index (χ3n) is 6.39. The van der Waals surface area contributed by atoms with Crippen molar-refractivity contribution in [2.45, 2.75) is 11.6 Å². The van der Waals surface area contributed by atoms with Crippen LogP contribution in [0, 0.1) is 0 Å². The Morgan fingerprint density at radius 2 is 1.68 bits per heavy atom. The van der Waals surface area contributed by atoms with E-state index in [9.17, 15) is 4.79 Å². The maximum atomic E-state index is 12.8. The fourth-order valence-corrected chi connectivity index (χ4v) is 5.47. The first-order valence-corrected chi connectivity index (χ1v) is 14.0. The van der Waals surface area contributed by atoms with E-state index >= 15 is 0 Å². The highest BCUT2D eigenvalue weighted by Gasteiger charge is 2.21. The summed E-state index contributed by atoms with van der Waals surface area (Å²) in [6.45, 7) is 3.77. The molecule has 1 aliphatic heterocycles. The molecule has 1 saturated heterocycles. The Balaban J connectivity index is 1.29. The molecule has 0 N–H and O–H groups in total. The van der Waals surface area contributed by atoms with Crippen LogP contribution in [0.15, 0.2) is 53.7 Å². The standard InChI is InChI=1S/C27H31Cl2N5O3S/c1-32(11-10-19-8-9-22(36-2)23(16-19)37-3)26(35)18-38-27-30-24(29)17-25(31-27)34-14-12-33(13-15-34)21-7-5-4-6-20(21)28/h4-9,16-17H,10-15,18H2,1-3H3. The van der Waals surface area contributed by atoms with E-state index in [1.807, 2.05) is 42.5 Å². The van der Waals surface area contributed by atoms with Crippen molar-refractivity contribution in [3.63, 3.8) is 0 Å². The minimum Gasteiger partial charge on any atom is -0.493 e. The Morgan fingerprint density at radius 1 is 0.974 bits per heavy atom. The third-order valence-corrected chi connectivity index (χ3v) is 7.74. The SMILES string of the molecule is COc1ccc(CCN(C)C(=O)CSc2nc(Cl)cc(N3CCN(c4ccccc4Cl)CC3)n2)cc1OC. The van der Waals surface area contributed by atoms with Crippen LogP contribution in [0.3, 0.4) is 0 Å². The second-order valence-corrected chi connectivity index (χ2v) is 10.5. The molecule has 0 radical (unpaired) electrons. The maximum Gasteiger partial charge on any atom is 0.232 e. The summed E-state index contributed by atoms with van der Waals surface area (Å²) < 4.78 is 10.7. The number of hydrogen-bond acceptors (Lipinski definition) is 8. The van der Waals surface area contributed by atoms with Gasteiger partial charge in [-0.25, -0.2) is 9.97 Å². The second kappa shape index (κ2) is 13.3. The molecule has 38 heavy (non-hydrogen) atoms. The Labute approximate surface area is 237 Å². The van der Waals surface area contributed by atoms with Crippen LogP contribution in [0.4, 0.5) is 11.5 Å². The highest BCUT2D eigenvalue weighted by Crippen LogP contribution is 2.29. The van der Waals surface area contributed by atoms with Gasteiger partial charge in [0.2, 0.25) is 5.91 Å². The first-order valence-electron chi connectivity index (χ1n) is 12.2. The number of rotatable bonds is 10. The topological polar surface area (TPSA) is 71.0 Å². The van der Waals surface area contributed by atoms with Crippen LogP contribution in [-0.4, -0.2) is 80.5 Å². The van der Waals surface area contributed by atoms with Gasteiger partial charge in [0.1, 0.15) is 11.0 Å². The van der Waals surface area contributed by atoms with Crippen molar-refractivity contribution in [2.75, 3.05) is 69.5 Å². The lowest BCUT2D eigenvalue weighted by Gasteiger charge is -2.37. The van der Waals surface area contributed by atoms with Crippen LogP contribution in [-0.2, 0) is 11.2 Å². The summed E-state index contributed by atoms with van der Waals surface area (Å²) in [5.41, 5.74) is 2.10. The van der Waals surface area contributed by atoms with Gasteiger partial charge in [-0.05, 0) is 36.2 Å². The van der Waals surface area contributed by atoms with E-state index in [0.29, 0.717) is 34.8 Å². The summed E-state index contributed by atoms with van der Waals surface area (Å²) in [5, 5.41) is 1.60. The van der Waals surface area contributed by atoms with E-state index in [0.717, 1.165) is 48.3 Å². The zero-order valence-corrected chi connectivity index (χ0v) is 24.0. The van der Waals surface area contributed by atoms with Gasteiger partial charge in [0.15, 0.2) is 16.7 Å². The number of benzene rings is 2. The molecular weight excluding hydrogens is 545 g/mol. The molecule has 8 nitrogen and oxygen atoms in total. The number of nitrogens with zero attached hydrogens (tertiary/aromatic N) is 5. The molecule has 1 aromatic heterocycles. The minimum atomic E-state index is -0.00560. The van der Waals surface area contributed by atoms with E-state index in [-0.39, 0.29) is 11.7 Å². The first-order chi connectivity index (χ1) is 18.4. The van der Waals surface area contributed by atoms with Crippen LogP contribution < -0.4 is 19.3 Å². The molecule has 0 spiro atoms. The molecule has 11 heteroatoms. The highest BCUT2D eigenvalue weighted by atomic mass is 35.5. The Kier molecular flexibility index (Phi) is 9.82. The van der Waals surface area contributed by atoms with Crippen molar-refractivity contribution in [3.05, 3.63) is 64.3 Å². The number of hydrogen-bond donors (Lipinski definition) is 0. The van der Waals surface area contributed by atoms with E-state index < -0.39 is 0 Å². The fourth-order valence-electron chi connectivity index (χ4n) is 4.19. The summed E-state index contributed by atoms with van der Waals surface area (Å²) in [7, 11) is 5.02. The molecule has 0 atom stereocenters. The largest absolute Gasteiger partial charge is 0.493 e. The van der Waals surface area contributed by atoms with Crippen LogP contribution in [0.2, 0.25) is 10.2 Å². The molecule has 0 aliphatic carbocycles. The van der Waals surface area contributed by atoms with E-state index in [1.165, 1.54) is 11.8 Å². The molecule has 1 amide bonds. The van der Waals surface area contributed by atoms with Gasteiger partial charge in [0, 0.05) is 45.8 Å². The quantitative estimate of drug-likeness (QED) is 0.192. The Morgan fingerprint density at radius 3 is 2.39 bits per heavy atom. The molecular formula is C27H31Cl2N5O3S. The van der Waals surface area contributed by atoms with Crippen molar-refractivity contribution >= 4 is 52.4 Å². The Hall–Kier alpha value is -2.88. The second-order valence-electron chi connectivity index (χ2n) is 8.80. The van der Waals surface area contributed by atoms with Gasteiger partial charge in [0.05, 0.1) is 30.7 Å². The maximum absolute atomic E-state index is 12.8. The fraction of sp³-hybridized carbons (Fsp3) is 0.370. The average Bonchev–Trinajstić information content (AvgIpc) is 2.94. The van der Waals surface area contributed by atoms with Crippen LogP contribution in [0.25, 0.3) is 0 Å². The summed E-state index contributed by atoms with van der Waals surface area (Å²) in [6.07, 6.45) is 0.700. The number of carbonyl (C=O) groups is 1. The summed E-state index contributed by atoms with van der Waals surface area (Å²) >= 11 is 14.0. The summed E-state index contributed by atoms with van der Waals surface area (Å²) in [6, 6.07) is 15.4. The molecule has 1 aliphatic rings. The lowest BCUT2D eigenvalue weighted by atomic mass is 10.1. The van der Waals surface area contributed by atoms with Crippen molar-refractivity contribution in [1.82, 2.24) is 14.9 Å².